The Bertz CT molecular complexity index is 809. The molecule has 2 aromatic carbocycles. The van der Waals surface area contributed by atoms with Crippen LogP contribution in [-0.2, 0) is 13.0 Å². The molecule has 1 aliphatic carbocycles. The first-order valence-electron chi connectivity index (χ1n) is 8.58. The lowest BCUT2D eigenvalue weighted by Gasteiger charge is -2.35. The van der Waals surface area contributed by atoms with E-state index in [1.54, 1.807) is 0 Å². The van der Waals surface area contributed by atoms with Gasteiger partial charge in [-0.25, -0.2) is 4.58 Å². The highest BCUT2D eigenvalue weighted by atomic mass is 15.1. The Hall–Kier alpha value is -2.15. The molecule has 0 fully saturated rings. The first-order valence-corrected chi connectivity index (χ1v) is 8.58. The molecule has 23 heavy (non-hydrogen) atoms. The molecule has 0 bridgehead atoms. The van der Waals surface area contributed by atoms with E-state index in [0.29, 0.717) is 0 Å². The van der Waals surface area contributed by atoms with E-state index in [-0.39, 0.29) is 5.54 Å². The molecule has 0 radical (unpaired) electrons. The molecule has 116 valence electrons. The summed E-state index contributed by atoms with van der Waals surface area (Å²) < 4.78 is 2.59. The van der Waals surface area contributed by atoms with E-state index in [2.05, 4.69) is 73.5 Å². The molecule has 0 saturated carbocycles. The minimum absolute atomic E-state index is 0.0475. The zero-order valence-electron chi connectivity index (χ0n) is 14.1. The summed E-state index contributed by atoms with van der Waals surface area (Å²) in [6, 6.07) is 17.6. The fourth-order valence-corrected chi connectivity index (χ4v) is 4.13. The zero-order valence-corrected chi connectivity index (χ0v) is 14.1. The molecule has 1 nitrogen and oxygen atoms in total. The van der Waals surface area contributed by atoms with Gasteiger partial charge in [-0.3, -0.25) is 0 Å². The second kappa shape index (κ2) is 5.19. The van der Waals surface area contributed by atoms with Gasteiger partial charge in [-0.2, -0.15) is 0 Å². The Balaban J connectivity index is 1.94. The van der Waals surface area contributed by atoms with Crippen molar-refractivity contribution in [1.82, 2.24) is 0 Å². The molecule has 1 aliphatic heterocycles. The maximum atomic E-state index is 4.48. The molecule has 0 aromatic heterocycles. The average molecular weight is 302 g/mol. The van der Waals surface area contributed by atoms with Crippen LogP contribution in [0.4, 0.5) is 0 Å². The highest BCUT2D eigenvalue weighted by Gasteiger charge is 2.44. The van der Waals surface area contributed by atoms with Crippen LogP contribution in [0.15, 0.2) is 55.1 Å². The van der Waals surface area contributed by atoms with Gasteiger partial charge in [0.1, 0.15) is 0 Å². The molecular formula is C22H24N+. The van der Waals surface area contributed by atoms with Gasteiger partial charge in [-0.1, -0.05) is 55.1 Å². The first-order chi connectivity index (χ1) is 11.1. The minimum atomic E-state index is -0.0475. The predicted octanol–water partition coefficient (Wildman–Crippen LogP) is 4.83. The summed E-state index contributed by atoms with van der Waals surface area (Å²) >= 11 is 0. The number of rotatable bonds is 2. The Kier molecular flexibility index (Phi) is 3.26. The van der Waals surface area contributed by atoms with E-state index in [1.807, 2.05) is 0 Å². The van der Waals surface area contributed by atoms with Crippen molar-refractivity contribution in [2.24, 2.45) is 0 Å². The smallest absolute Gasteiger partial charge is 0.185 e. The van der Waals surface area contributed by atoms with Crippen molar-refractivity contribution in [3.8, 4) is 0 Å². The summed E-state index contributed by atoms with van der Waals surface area (Å²) in [6.07, 6.45) is 3.62. The fraction of sp³-hybridized carbons (Fsp3) is 0.318. The lowest BCUT2D eigenvalue weighted by Crippen LogP contribution is -2.45. The predicted molar refractivity (Wildman–Crippen MR) is 97.0 cm³/mol. The first kappa shape index (κ1) is 14.4. The number of nitrogens with zero attached hydrogens (tertiary/aromatic N) is 1. The van der Waals surface area contributed by atoms with Crippen molar-refractivity contribution in [3.63, 3.8) is 0 Å². The largest absolute Gasteiger partial charge is 0.220 e. The lowest BCUT2D eigenvalue weighted by atomic mass is 9.75. The van der Waals surface area contributed by atoms with E-state index >= 15 is 0 Å². The van der Waals surface area contributed by atoms with Crippen molar-refractivity contribution in [2.75, 3.05) is 0 Å². The zero-order chi connectivity index (χ0) is 16.0. The van der Waals surface area contributed by atoms with Gasteiger partial charge in [-0.15, -0.1) is 0 Å². The molecule has 0 amide bonds. The van der Waals surface area contributed by atoms with Crippen LogP contribution in [0.25, 0.3) is 5.57 Å². The van der Waals surface area contributed by atoms with Gasteiger partial charge in [0.2, 0.25) is 0 Å². The van der Waals surface area contributed by atoms with Crippen molar-refractivity contribution < 1.29 is 4.58 Å². The van der Waals surface area contributed by atoms with Gasteiger partial charge in [0, 0.05) is 31.4 Å². The summed E-state index contributed by atoms with van der Waals surface area (Å²) in [7, 11) is 0. The van der Waals surface area contributed by atoms with Crippen molar-refractivity contribution in [2.45, 2.75) is 45.2 Å². The highest BCUT2D eigenvalue weighted by molar-refractivity contribution is 6.05. The van der Waals surface area contributed by atoms with Crippen LogP contribution in [0.2, 0.25) is 0 Å². The molecule has 0 spiro atoms. The van der Waals surface area contributed by atoms with Gasteiger partial charge >= 0.3 is 0 Å². The molecule has 0 unspecified atom stereocenters. The summed E-state index contributed by atoms with van der Waals surface area (Å²) in [5.41, 5.74) is 8.42. The standard InChI is InChI=1S/C22H24N/c1-16-19-13-7-11-18-12-8-14-20(21(18)19)23(22(16,2)3)15-17-9-5-4-6-10-17/h4-7,9-11,13H,1,8,12,14-15H2,2-3H3/q+1. The third kappa shape index (κ3) is 2.18. The van der Waals surface area contributed by atoms with Crippen LogP contribution in [-0.4, -0.2) is 15.8 Å². The molecule has 1 heteroatoms. The van der Waals surface area contributed by atoms with Crippen molar-refractivity contribution in [3.05, 3.63) is 77.4 Å². The molecule has 0 atom stereocenters. The molecule has 0 N–H and O–H groups in total. The van der Waals surface area contributed by atoms with Gasteiger partial charge < -0.3 is 0 Å². The third-order valence-electron chi connectivity index (χ3n) is 5.55. The number of benzene rings is 2. The number of hydrogen-bond donors (Lipinski definition) is 0. The van der Waals surface area contributed by atoms with Crippen LogP contribution in [0.5, 0.6) is 0 Å². The summed E-state index contributed by atoms with van der Waals surface area (Å²) in [5.74, 6) is 0. The average Bonchev–Trinajstić information content (AvgIpc) is 2.58. The molecule has 1 heterocycles. The highest BCUT2D eigenvalue weighted by Crippen LogP contribution is 2.40. The molecule has 2 aliphatic rings. The van der Waals surface area contributed by atoms with Crippen molar-refractivity contribution >= 4 is 11.3 Å². The second-order valence-electron chi connectivity index (χ2n) is 7.25. The SMILES string of the molecule is C=C1c2cccc3c2C(=[N+](Cc2ccccc2)C1(C)C)CCC3. The van der Waals surface area contributed by atoms with E-state index in [1.165, 1.54) is 52.8 Å². The van der Waals surface area contributed by atoms with Crippen LogP contribution >= 0.6 is 0 Å². The Morgan fingerprint density at radius 3 is 2.57 bits per heavy atom. The van der Waals surface area contributed by atoms with E-state index < -0.39 is 0 Å². The normalized spacial score (nSPS) is 18.8. The van der Waals surface area contributed by atoms with Gasteiger partial charge in [0.25, 0.3) is 0 Å². The van der Waals surface area contributed by atoms with Gasteiger partial charge in [0.05, 0.1) is 5.56 Å². The Labute approximate surface area is 139 Å². The van der Waals surface area contributed by atoms with E-state index in [9.17, 15) is 0 Å². The van der Waals surface area contributed by atoms with E-state index in [4.69, 9.17) is 0 Å². The van der Waals surface area contributed by atoms with Gasteiger partial charge in [-0.05, 0) is 24.0 Å². The topological polar surface area (TPSA) is 3.01 Å². The number of aryl methyl sites for hydroxylation is 1. The molecule has 2 aromatic rings. The van der Waals surface area contributed by atoms with Crippen LogP contribution in [0.1, 0.15) is 48.9 Å². The lowest BCUT2D eigenvalue weighted by molar-refractivity contribution is -0.600. The van der Waals surface area contributed by atoms with Crippen LogP contribution in [0.3, 0.4) is 0 Å². The van der Waals surface area contributed by atoms with Crippen LogP contribution < -0.4 is 0 Å². The maximum absolute atomic E-state index is 4.48. The maximum Gasteiger partial charge on any atom is 0.185 e. The quantitative estimate of drug-likeness (QED) is 0.699. The monoisotopic (exact) mass is 302 g/mol. The van der Waals surface area contributed by atoms with Gasteiger partial charge in [0.15, 0.2) is 17.8 Å². The van der Waals surface area contributed by atoms with E-state index in [0.717, 1.165) is 6.54 Å². The fourth-order valence-electron chi connectivity index (χ4n) is 4.13. The Morgan fingerprint density at radius 2 is 1.78 bits per heavy atom. The minimum Gasteiger partial charge on any atom is -0.220 e. The van der Waals surface area contributed by atoms with Crippen LogP contribution in [0, 0.1) is 0 Å². The number of hydrogen-bond acceptors (Lipinski definition) is 0. The van der Waals surface area contributed by atoms with Crippen molar-refractivity contribution in [1.29, 1.82) is 0 Å². The Morgan fingerprint density at radius 1 is 1.00 bits per heavy atom. The molecule has 0 saturated heterocycles. The summed E-state index contributed by atoms with van der Waals surface area (Å²) in [4.78, 5) is 0. The third-order valence-corrected chi connectivity index (χ3v) is 5.55. The molecule has 4 rings (SSSR count). The molecular weight excluding hydrogens is 278 g/mol. The second-order valence-corrected chi connectivity index (χ2v) is 7.25. The summed E-state index contributed by atoms with van der Waals surface area (Å²) in [6.45, 7) is 10.1. The summed E-state index contributed by atoms with van der Waals surface area (Å²) in [5, 5.41) is 0.